The largest absolute Gasteiger partial charge is 0.380 e. The SMILES string of the molecule is CC1(C)Cc2cc(CN)ccc2N1. The van der Waals surface area contributed by atoms with E-state index in [2.05, 4.69) is 37.4 Å². The highest BCUT2D eigenvalue weighted by Gasteiger charge is 2.26. The van der Waals surface area contributed by atoms with Crippen LogP contribution in [0.25, 0.3) is 0 Å². The van der Waals surface area contributed by atoms with E-state index in [0.717, 1.165) is 6.42 Å². The van der Waals surface area contributed by atoms with Crippen molar-refractivity contribution < 1.29 is 0 Å². The number of benzene rings is 1. The molecule has 1 heterocycles. The summed E-state index contributed by atoms with van der Waals surface area (Å²) in [6.07, 6.45) is 1.09. The quantitative estimate of drug-likeness (QED) is 0.685. The third-order valence-electron chi connectivity index (χ3n) is 2.51. The Kier molecular flexibility index (Phi) is 1.81. The summed E-state index contributed by atoms with van der Waals surface area (Å²) in [5.74, 6) is 0. The molecular weight excluding hydrogens is 160 g/mol. The molecule has 0 aromatic heterocycles. The Morgan fingerprint density at radius 2 is 2.23 bits per heavy atom. The molecule has 0 aliphatic carbocycles. The molecule has 2 nitrogen and oxygen atoms in total. The lowest BCUT2D eigenvalue weighted by atomic mass is 9.99. The highest BCUT2D eigenvalue weighted by Crippen LogP contribution is 2.32. The van der Waals surface area contributed by atoms with Gasteiger partial charge in [0.05, 0.1) is 0 Å². The summed E-state index contributed by atoms with van der Waals surface area (Å²) < 4.78 is 0. The van der Waals surface area contributed by atoms with Crippen LogP contribution in [-0.4, -0.2) is 5.54 Å². The predicted molar refractivity (Wildman–Crippen MR) is 55.7 cm³/mol. The molecule has 1 aromatic rings. The van der Waals surface area contributed by atoms with Crippen molar-refractivity contribution in [2.75, 3.05) is 5.32 Å². The van der Waals surface area contributed by atoms with Crippen molar-refractivity contribution in [3.63, 3.8) is 0 Å². The zero-order chi connectivity index (χ0) is 9.47. The molecular formula is C11H16N2. The van der Waals surface area contributed by atoms with E-state index in [0.29, 0.717) is 6.54 Å². The number of nitrogens with one attached hydrogen (secondary N) is 1. The highest BCUT2D eigenvalue weighted by molar-refractivity contribution is 5.59. The Hall–Kier alpha value is -1.02. The van der Waals surface area contributed by atoms with E-state index in [4.69, 9.17) is 5.73 Å². The lowest BCUT2D eigenvalue weighted by Gasteiger charge is -2.17. The minimum absolute atomic E-state index is 0.204. The van der Waals surface area contributed by atoms with Gasteiger partial charge in [0.15, 0.2) is 0 Å². The van der Waals surface area contributed by atoms with Crippen LogP contribution in [0.5, 0.6) is 0 Å². The molecule has 0 atom stereocenters. The number of hydrogen-bond acceptors (Lipinski definition) is 2. The number of rotatable bonds is 1. The van der Waals surface area contributed by atoms with E-state index < -0.39 is 0 Å². The van der Waals surface area contributed by atoms with E-state index in [1.54, 1.807) is 0 Å². The van der Waals surface area contributed by atoms with Gasteiger partial charge in [0.1, 0.15) is 0 Å². The van der Waals surface area contributed by atoms with Gasteiger partial charge in [-0.05, 0) is 37.5 Å². The predicted octanol–water partition coefficient (Wildman–Crippen LogP) is 1.89. The van der Waals surface area contributed by atoms with Gasteiger partial charge < -0.3 is 11.1 Å². The molecule has 1 aromatic carbocycles. The second kappa shape index (κ2) is 2.74. The van der Waals surface area contributed by atoms with Crippen molar-refractivity contribution >= 4 is 5.69 Å². The van der Waals surface area contributed by atoms with Crippen molar-refractivity contribution in [1.29, 1.82) is 0 Å². The number of hydrogen-bond donors (Lipinski definition) is 2. The molecule has 0 saturated heterocycles. The van der Waals surface area contributed by atoms with Gasteiger partial charge in [0, 0.05) is 17.8 Å². The Bertz CT molecular complexity index is 329. The number of anilines is 1. The average molecular weight is 176 g/mol. The van der Waals surface area contributed by atoms with Gasteiger partial charge in [-0.25, -0.2) is 0 Å². The van der Waals surface area contributed by atoms with Crippen molar-refractivity contribution in [3.8, 4) is 0 Å². The number of nitrogens with two attached hydrogens (primary N) is 1. The van der Waals surface area contributed by atoms with Crippen molar-refractivity contribution in [2.45, 2.75) is 32.4 Å². The molecule has 0 unspecified atom stereocenters. The third kappa shape index (κ3) is 1.54. The Labute approximate surface area is 79.1 Å². The molecule has 0 spiro atoms. The first-order valence-electron chi connectivity index (χ1n) is 4.71. The zero-order valence-electron chi connectivity index (χ0n) is 8.22. The molecule has 1 aliphatic heterocycles. The minimum Gasteiger partial charge on any atom is -0.380 e. The maximum absolute atomic E-state index is 5.59. The zero-order valence-corrected chi connectivity index (χ0v) is 8.22. The van der Waals surface area contributed by atoms with Gasteiger partial charge in [0.2, 0.25) is 0 Å². The lowest BCUT2D eigenvalue weighted by Crippen LogP contribution is -2.26. The Balaban J connectivity index is 2.36. The van der Waals surface area contributed by atoms with Crippen molar-refractivity contribution in [3.05, 3.63) is 29.3 Å². The van der Waals surface area contributed by atoms with E-state index >= 15 is 0 Å². The standard InChI is InChI=1S/C11H16N2/c1-11(2)6-9-5-8(7-12)3-4-10(9)13-11/h3-5,13H,6-7,12H2,1-2H3. The van der Waals surface area contributed by atoms with Crippen LogP contribution in [0.4, 0.5) is 5.69 Å². The van der Waals surface area contributed by atoms with E-state index in [1.807, 2.05) is 0 Å². The second-order valence-electron chi connectivity index (χ2n) is 4.38. The molecule has 0 saturated carbocycles. The van der Waals surface area contributed by atoms with Gasteiger partial charge in [-0.3, -0.25) is 0 Å². The molecule has 2 rings (SSSR count). The van der Waals surface area contributed by atoms with Crippen LogP contribution in [0, 0.1) is 0 Å². The topological polar surface area (TPSA) is 38.0 Å². The van der Waals surface area contributed by atoms with Gasteiger partial charge in [-0.2, -0.15) is 0 Å². The first-order chi connectivity index (χ1) is 6.11. The molecule has 2 heteroatoms. The fourth-order valence-electron chi connectivity index (χ4n) is 1.93. The molecule has 13 heavy (non-hydrogen) atoms. The van der Waals surface area contributed by atoms with E-state index in [-0.39, 0.29) is 5.54 Å². The molecule has 0 amide bonds. The summed E-state index contributed by atoms with van der Waals surface area (Å²) in [5, 5.41) is 3.48. The van der Waals surface area contributed by atoms with Crippen molar-refractivity contribution in [1.82, 2.24) is 0 Å². The Morgan fingerprint density at radius 1 is 1.46 bits per heavy atom. The molecule has 3 N–H and O–H groups in total. The molecule has 0 fully saturated rings. The normalized spacial score (nSPS) is 18.1. The molecule has 0 bridgehead atoms. The number of fused-ring (bicyclic) bond motifs is 1. The molecule has 0 radical (unpaired) electrons. The van der Waals surface area contributed by atoms with E-state index in [1.165, 1.54) is 16.8 Å². The monoisotopic (exact) mass is 176 g/mol. The second-order valence-corrected chi connectivity index (χ2v) is 4.38. The summed E-state index contributed by atoms with van der Waals surface area (Å²) in [6, 6.07) is 6.43. The fraction of sp³-hybridized carbons (Fsp3) is 0.455. The summed E-state index contributed by atoms with van der Waals surface area (Å²) in [6.45, 7) is 5.07. The van der Waals surface area contributed by atoms with Gasteiger partial charge in [0.25, 0.3) is 0 Å². The van der Waals surface area contributed by atoms with Crippen LogP contribution >= 0.6 is 0 Å². The summed E-state index contributed by atoms with van der Waals surface area (Å²) >= 11 is 0. The first kappa shape index (κ1) is 8.57. The van der Waals surface area contributed by atoms with Gasteiger partial charge >= 0.3 is 0 Å². The summed E-state index contributed by atoms with van der Waals surface area (Å²) in [5.41, 5.74) is 9.68. The van der Waals surface area contributed by atoms with Crippen molar-refractivity contribution in [2.24, 2.45) is 5.73 Å². The van der Waals surface area contributed by atoms with Gasteiger partial charge in [-0.1, -0.05) is 12.1 Å². The molecule has 70 valence electrons. The minimum atomic E-state index is 0.204. The third-order valence-corrected chi connectivity index (χ3v) is 2.51. The van der Waals surface area contributed by atoms with Crippen LogP contribution in [0.2, 0.25) is 0 Å². The van der Waals surface area contributed by atoms with Crippen LogP contribution < -0.4 is 11.1 Å². The van der Waals surface area contributed by atoms with Crippen LogP contribution in [0.1, 0.15) is 25.0 Å². The first-order valence-corrected chi connectivity index (χ1v) is 4.71. The molecule has 1 aliphatic rings. The summed E-state index contributed by atoms with van der Waals surface area (Å²) in [7, 11) is 0. The Morgan fingerprint density at radius 3 is 2.92 bits per heavy atom. The van der Waals surface area contributed by atoms with Crippen LogP contribution in [-0.2, 0) is 13.0 Å². The fourth-order valence-corrected chi connectivity index (χ4v) is 1.93. The average Bonchev–Trinajstić information content (AvgIpc) is 2.36. The maximum Gasteiger partial charge on any atom is 0.0378 e. The highest BCUT2D eigenvalue weighted by atomic mass is 15.0. The summed E-state index contributed by atoms with van der Waals surface area (Å²) in [4.78, 5) is 0. The van der Waals surface area contributed by atoms with Gasteiger partial charge in [-0.15, -0.1) is 0 Å². The maximum atomic E-state index is 5.59. The smallest absolute Gasteiger partial charge is 0.0378 e. The van der Waals surface area contributed by atoms with Crippen LogP contribution in [0.15, 0.2) is 18.2 Å². The van der Waals surface area contributed by atoms with E-state index in [9.17, 15) is 0 Å². The lowest BCUT2D eigenvalue weighted by molar-refractivity contribution is 0.594. The van der Waals surface area contributed by atoms with Crippen LogP contribution in [0.3, 0.4) is 0 Å².